The van der Waals surface area contributed by atoms with Crippen molar-refractivity contribution in [3.8, 4) is 0 Å². The van der Waals surface area contributed by atoms with Gasteiger partial charge in [0.15, 0.2) is 11.3 Å². The molecule has 2 aromatic carbocycles. The van der Waals surface area contributed by atoms with Crippen LogP contribution in [0.5, 0.6) is 0 Å². The minimum Gasteiger partial charge on any atom is -0.381 e. The van der Waals surface area contributed by atoms with Gasteiger partial charge in [0, 0.05) is 0 Å². The molecule has 0 bridgehead atoms. The summed E-state index contributed by atoms with van der Waals surface area (Å²) in [6, 6.07) is 17.2. The number of nitrogens with one attached hydrogen (secondary N) is 1. The number of hydrogen-bond acceptors (Lipinski definition) is 4. The Balaban J connectivity index is 2.09. The van der Waals surface area contributed by atoms with Crippen molar-refractivity contribution < 1.29 is 0 Å². The van der Waals surface area contributed by atoms with Crippen LogP contribution in [0.15, 0.2) is 59.6 Å². The van der Waals surface area contributed by atoms with E-state index in [0.717, 1.165) is 5.56 Å². The number of aromatic nitrogens is 2. The molecule has 0 spiro atoms. The van der Waals surface area contributed by atoms with E-state index < -0.39 is 0 Å². The topological polar surface area (TPSA) is 106 Å². The van der Waals surface area contributed by atoms with E-state index in [0.29, 0.717) is 17.6 Å². The molecule has 0 aliphatic rings. The lowest BCUT2D eigenvalue weighted by Crippen LogP contribution is -2.35. The number of benzene rings is 2. The van der Waals surface area contributed by atoms with Gasteiger partial charge in [0.1, 0.15) is 0 Å². The molecular formula is C16H16N6. The quantitative estimate of drug-likeness (QED) is 0.491. The highest BCUT2D eigenvalue weighted by Gasteiger charge is 2.08. The molecule has 5 N–H and O–H groups in total. The molecule has 3 rings (SSSR count). The standard InChI is InChI=1S/C16H16N6/c17-14-15(18)22(13-9-5-4-8-12(13)21-14)16(19)20-10-11-6-2-1-3-7-11/h1-9,18H,10H2,(H2,17,21)(H2,19,20). The van der Waals surface area contributed by atoms with Crippen molar-refractivity contribution in [2.24, 2.45) is 10.7 Å². The van der Waals surface area contributed by atoms with Crippen LogP contribution in [0.3, 0.4) is 0 Å². The Bertz CT molecular complexity index is 895. The van der Waals surface area contributed by atoms with Crippen LogP contribution < -0.4 is 17.0 Å². The number of anilines is 1. The Hall–Kier alpha value is -3.15. The molecule has 0 atom stereocenters. The third-order valence-corrected chi connectivity index (χ3v) is 3.33. The summed E-state index contributed by atoms with van der Waals surface area (Å²) in [5.41, 5.74) is 14.4. The van der Waals surface area contributed by atoms with E-state index in [4.69, 9.17) is 16.9 Å². The molecule has 1 aromatic heterocycles. The van der Waals surface area contributed by atoms with E-state index >= 15 is 0 Å². The molecule has 6 heteroatoms. The van der Waals surface area contributed by atoms with Crippen LogP contribution >= 0.6 is 0 Å². The van der Waals surface area contributed by atoms with Crippen molar-refractivity contribution >= 4 is 22.8 Å². The van der Waals surface area contributed by atoms with Gasteiger partial charge in [-0.1, -0.05) is 42.5 Å². The summed E-state index contributed by atoms with van der Waals surface area (Å²) in [7, 11) is 0. The van der Waals surface area contributed by atoms with Gasteiger partial charge in [-0.05, 0) is 17.7 Å². The summed E-state index contributed by atoms with van der Waals surface area (Å²) in [5.74, 6) is 0.343. The van der Waals surface area contributed by atoms with Crippen LogP contribution in [-0.4, -0.2) is 15.5 Å². The largest absolute Gasteiger partial charge is 0.381 e. The number of aliphatic imine (C=N–C) groups is 1. The number of hydrogen-bond donors (Lipinski definition) is 3. The zero-order valence-corrected chi connectivity index (χ0v) is 11.9. The van der Waals surface area contributed by atoms with Crippen molar-refractivity contribution in [3.05, 3.63) is 65.6 Å². The summed E-state index contributed by atoms with van der Waals surface area (Å²) < 4.78 is 1.51. The lowest BCUT2D eigenvalue weighted by Gasteiger charge is -2.11. The van der Waals surface area contributed by atoms with Gasteiger partial charge in [-0.25, -0.2) is 9.98 Å². The first-order chi connectivity index (χ1) is 10.7. The fourth-order valence-corrected chi connectivity index (χ4v) is 2.23. The SMILES string of the molecule is N=c1c(N)nc2ccccc2n1C(N)=NCc1ccccc1. The second-order valence-electron chi connectivity index (χ2n) is 4.83. The first kappa shape index (κ1) is 13.8. The van der Waals surface area contributed by atoms with E-state index in [1.165, 1.54) is 4.57 Å². The zero-order chi connectivity index (χ0) is 15.5. The maximum atomic E-state index is 8.11. The second kappa shape index (κ2) is 5.69. The van der Waals surface area contributed by atoms with Gasteiger partial charge in [0.05, 0.1) is 17.6 Å². The number of nitrogens with zero attached hydrogens (tertiary/aromatic N) is 3. The van der Waals surface area contributed by atoms with Crippen LogP contribution in [0.2, 0.25) is 0 Å². The van der Waals surface area contributed by atoms with Crippen molar-refractivity contribution in [2.75, 3.05) is 5.73 Å². The molecule has 1 heterocycles. The van der Waals surface area contributed by atoms with Gasteiger partial charge < -0.3 is 11.5 Å². The summed E-state index contributed by atoms with van der Waals surface area (Å²) in [6.45, 7) is 0.440. The molecule has 0 saturated heterocycles. The van der Waals surface area contributed by atoms with Crippen molar-refractivity contribution in [2.45, 2.75) is 6.54 Å². The van der Waals surface area contributed by atoms with Gasteiger partial charge in [-0.2, -0.15) is 0 Å². The molecule has 0 aliphatic carbocycles. The highest BCUT2D eigenvalue weighted by molar-refractivity contribution is 5.91. The molecule has 0 radical (unpaired) electrons. The minimum atomic E-state index is 0.0352. The van der Waals surface area contributed by atoms with Crippen LogP contribution in [0, 0.1) is 5.41 Å². The lowest BCUT2D eigenvalue weighted by atomic mass is 10.2. The molecule has 22 heavy (non-hydrogen) atoms. The first-order valence-electron chi connectivity index (χ1n) is 6.83. The first-order valence-corrected chi connectivity index (χ1v) is 6.83. The maximum absolute atomic E-state index is 8.11. The highest BCUT2D eigenvalue weighted by Crippen LogP contribution is 2.10. The van der Waals surface area contributed by atoms with Gasteiger partial charge in [-0.3, -0.25) is 9.98 Å². The van der Waals surface area contributed by atoms with E-state index in [2.05, 4.69) is 9.98 Å². The third-order valence-electron chi connectivity index (χ3n) is 3.33. The fraction of sp³-hybridized carbons (Fsp3) is 0.0625. The van der Waals surface area contributed by atoms with Crippen LogP contribution in [0.25, 0.3) is 11.0 Å². The Morgan fingerprint density at radius 3 is 2.55 bits per heavy atom. The Labute approximate surface area is 127 Å². The monoisotopic (exact) mass is 292 g/mol. The number of rotatable bonds is 2. The summed E-state index contributed by atoms with van der Waals surface area (Å²) in [4.78, 5) is 8.57. The predicted molar refractivity (Wildman–Crippen MR) is 87.2 cm³/mol. The van der Waals surface area contributed by atoms with E-state index in [-0.39, 0.29) is 17.3 Å². The fourth-order valence-electron chi connectivity index (χ4n) is 2.23. The predicted octanol–water partition coefficient (Wildman–Crippen LogP) is 1.46. The lowest BCUT2D eigenvalue weighted by molar-refractivity contribution is 0.951. The van der Waals surface area contributed by atoms with E-state index in [1.54, 1.807) is 0 Å². The summed E-state index contributed by atoms with van der Waals surface area (Å²) in [6.07, 6.45) is 0. The molecular weight excluding hydrogens is 276 g/mol. The minimum absolute atomic E-state index is 0.0352. The van der Waals surface area contributed by atoms with Crippen LogP contribution in [-0.2, 0) is 6.54 Å². The normalized spacial score (nSPS) is 11.7. The van der Waals surface area contributed by atoms with Crippen LogP contribution in [0.1, 0.15) is 5.56 Å². The third kappa shape index (κ3) is 2.54. The number of fused-ring (bicyclic) bond motifs is 1. The highest BCUT2D eigenvalue weighted by atomic mass is 15.2. The Kier molecular flexibility index (Phi) is 3.57. The smallest absolute Gasteiger partial charge is 0.202 e. The van der Waals surface area contributed by atoms with Gasteiger partial charge in [0.2, 0.25) is 5.96 Å². The Morgan fingerprint density at radius 2 is 1.77 bits per heavy atom. The van der Waals surface area contributed by atoms with E-state index in [9.17, 15) is 0 Å². The molecule has 3 aromatic rings. The summed E-state index contributed by atoms with van der Waals surface area (Å²) in [5, 5.41) is 8.11. The van der Waals surface area contributed by atoms with E-state index in [1.807, 2.05) is 54.6 Å². The van der Waals surface area contributed by atoms with Gasteiger partial charge >= 0.3 is 0 Å². The van der Waals surface area contributed by atoms with Crippen molar-refractivity contribution in [1.82, 2.24) is 9.55 Å². The summed E-state index contributed by atoms with van der Waals surface area (Å²) >= 11 is 0. The van der Waals surface area contributed by atoms with Crippen molar-refractivity contribution in [3.63, 3.8) is 0 Å². The number of nitrogen functional groups attached to an aromatic ring is 1. The van der Waals surface area contributed by atoms with Gasteiger partial charge in [0.25, 0.3) is 0 Å². The maximum Gasteiger partial charge on any atom is 0.202 e. The molecule has 6 nitrogen and oxygen atoms in total. The molecule has 110 valence electrons. The molecule has 0 amide bonds. The Morgan fingerprint density at radius 1 is 1.09 bits per heavy atom. The second-order valence-corrected chi connectivity index (χ2v) is 4.83. The van der Waals surface area contributed by atoms with Gasteiger partial charge in [-0.15, -0.1) is 0 Å². The van der Waals surface area contributed by atoms with Crippen LogP contribution in [0.4, 0.5) is 5.82 Å². The molecule has 0 fully saturated rings. The zero-order valence-electron chi connectivity index (χ0n) is 11.9. The molecule has 0 saturated carbocycles. The molecule has 0 aliphatic heterocycles. The van der Waals surface area contributed by atoms with Crippen molar-refractivity contribution in [1.29, 1.82) is 5.41 Å². The average molecular weight is 292 g/mol. The number of para-hydroxylation sites is 2. The molecule has 0 unspecified atom stereocenters. The average Bonchev–Trinajstić information content (AvgIpc) is 2.55. The number of nitrogens with two attached hydrogens (primary N) is 2.